The Balaban J connectivity index is 1.06. The van der Waals surface area contributed by atoms with Crippen molar-refractivity contribution in [3.05, 3.63) is 243 Å². The maximum absolute atomic E-state index is 7.04. The van der Waals surface area contributed by atoms with Gasteiger partial charge in [-0.05, 0) is 111 Å². The predicted molar refractivity (Wildman–Crippen MR) is 274 cm³/mol. The molecule has 0 aliphatic rings. The summed E-state index contributed by atoms with van der Waals surface area (Å²) in [7, 11) is 0. The fourth-order valence-electron chi connectivity index (χ4n) is 10.2. The lowest BCUT2D eigenvalue weighted by atomic mass is 9.95. The second-order valence-electron chi connectivity index (χ2n) is 16.8. The smallest absolute Gasteiger partial charge is 0.145 e. The molecule has 0 saturated heterocycles. The molecule has 0 saturated carbocycles. The number of nitrogens with zero attached hydrogens (tertiary/aromatic N) is 2. The summed E-state index contributed by atoms with van der Waals surface area (Å²) in [5, 5.41) is 9.55. The zero-order chi connectivity index (χ0) is 42.8. The molecule has 13 rings (SSSR count). The highest BCUT2D eigenvalue weighted by Gasteiger charge is 2.26. The normalized spacial score (nSPS) is 11.7. The molecule has 0 fully saturated rings. The Morgan fingerprint density at radius 3 is 1.65 bits per heavy atom. The number of hydrogen-bond acceptors (Lipinski definition) is 2. The Labute approximate surface area is 376 Å². The van der Waals surface area contributed by atoms with E-state index in [0.29, 0.717) is 0 Å². The van der Waals surface area contributed by atoms with Gasteiger partial charge in [0.15, 0.2) is 0 Å². The van der Waals surface area contributed by atoms with Crippen LogP contribution >= 0.6 is 0 Å². The second-order valence-corrected chi connectivity index (χ2v) is 16.8. The molecule has 0 bridgehead atoms. The van der Waals surface area contributed by atoms with Crippen LogP contribution in [0.25, 0.3) is 104 Å². The molecule has 2 aromatic heterocycles. The minimum atomic E-state index is 0.849. The summed E-state index contributed by atoms with van der Waals surface area (Å²) in [5.74, 6) is 0. The van der Waals surface area contributed by atoms with E-state index >= 15 is 0 Å². The van der Waals surface area contributed by atoms with Crippen molar-refractivity contribution in [2.24, 2.45) is 0 Å². The van der Waals surface area contributed by atoms with Crippen molar-refractivity contribution < 1.29 is 4.42 Å². The lowest BCUT2D eigenvalue weighted by molar-refractivity contribution is 0.670. The van der Waals surface area contributed by atoms with Crippen molar-refractivity contribution in [2.45, 2.75) is 0 Å². The van der Waals surface area contributed by atoms with E-state index in [4.69, 9.17) is 4.42 Å². The fourth-order valence-corrected chi connectivity index (χ4v) is 10.2. The SMILES string of the molecule is c1ccc(-n2c3ccccc3c3ccccc32)c(-c2c(N(c3ccc(-c4ccc5ccccc5c4)cc3)c3ccc(-c4cccc5ccccc45)cc3)ccc3c2oc2ccccc23)c1. The van der Waals surface area contributed by atoms with Crippen molar-refractivity contribution in [1.82, 2.24) is 4.57 Å². The Kier molecular flexibility index (Phi) is 8.53. The van der Waals surface area contributed by atoms with E-state index in [1.165, 1.54) is 49.0 Å². The summed E-state index contributed by atoms with van der Waals surface area (Å²) < 4.78 is 9.47. The van der Waals surface area contributed by atoms with Gasteiger partial charge in [-0.15, -0.1) is 0 Å². The van der Waals surface area contributed by atoms with Crippen LogP contribution in [0, 0.1) is 0 Å². The number of para-hydroxylation sites is 4. The first-order chi connectivity index (χ1) is 32.2. The fraction of sp³-hybridized carbons (Fsp3) is 0. The minimum absolute atomic E-state index is 0.849. The highest BCUT2D eigenvalue weighted by molar-refractivity contribution is 6.15. The van der Waals surface area contributed by atoms with Crippen LogP contribution in [-0.2, 0) is 0 Å². The predicted octanol–water partition coefficient (Wildman–Crippen LogP) is 17.5. The molecule has 0 radical (unpaired) electrons. The average molecular weight is 829 g/mol. The van der Waals surface area contributed by atoms with Crippen LogP contribution in [0.1, 0.15) is 0 Å². The molecule has 2 heterocycles. The minimum Gasteiger partial charge on any atom is -0.455 e. The van der Waals surface area contributed by atoms with Crippen LogP contribution in [0.2, 0.25) is 0 Å². The molecule has 0 spiro atoms. The van der Waals surface area contributed by atoms with E-state index in [-0.39, 0.29) is 0 Å². The van der Waals surface area contributed by atoms with Gasteiger partial charge < -0.3 is 13.9 Å². The van der Waals surface area contributed by atoms with E-state index in [1.54, 1.807) is 0 Å². The van der Waals surface area contributed by atoms with Gasteiger partial charge in [-0.3, -0.25) is 0 Å². The summed E-state index contributed by atoms with van der Waals surface area (Å²) in [4.78, 5) is 2.40. The largest absolute Gasteiger partial charge is 0.455 e. The van der Waals surface area contributed by atoms with Crippen LogP contribution in [-0.4, -0.2) is 4.57 Å². The molecule has 11 aromatic carbocycles. The molecule has 304 valence electrons. The third-order valence-corrected chi connectivity index (χ3v) is 13.2. The Morgan fingerprint density at radius 2 is 0.892 bits per heavy atom. The quantitative estimate of drug-likeness (QED) is 0.160. The molecular formula is C62H40N2O. The van der Waals surface area contributed by atoms with Gasteiger partial charge in [0, 0.05) is 38.5 Å². The molecule has 65 heavy (non-hydrogen) atoms. The topological polar surface area (TPSA) is 21.3 Å². The molecule has 0 aliphatic carbocycles. The summed E-state index contributed by atoms with van der Waals surface area (Å²) in [6.07, 6.45) is 0. The Hall–Kier alpha value is -8.66. The average Bonchev–Trinajstić information content (AvgIpc) is 3.92. The molecule has 0 atom stereocenters. The molecule has 0 unspecified atom stereocenters. The number of furan rings is 1. The van der Waals surface area contributed by atoms with Gasteiger partial charge in [0.2, 0.25) is 0 Å². The summed E-state index contributed by atoms with van der Waals surface area (Å²) in [6, 6.07) is 87.7. The van der Waals surface area contributed by atoms with Crippen LogP contribution in [0.15, 0.2) is 247 Å². The van der Waals surface area contributed by atoms with Gasteiger partial charge in [-0.25, -0.2) is 0 Å². The van der Waals surface area contributed by atoms with Crippen LogP contribution in [0.4, 0.5) is 17.1 Å². The van der Waals surface area contributed by atoms with E-state index in [0.717, 1.165) is 72.4 Å². The van der Waals surface area contributed by atoms with Crippen molar-refractivity contribution >= 4 is 82.4 Å². The zero-order valence-electron chi connectivity index (χ0n) is 35.4. The number of rotatable bonds is 7. The number of hydrogen-bond donors (Lipinski definition) is 0. The lowest BCUT2D eigenvalue weighted by Crippen LogP contribution is -2.12. The van der Waals surface area contributed by atoms with E-state index in [9.17, 15) is 0 Å². The third-order valence-electron chi connectivity index (χ3n) is 13.2. The summed E-state index contributed by atoms with van der Waals surface area (Å²) in [5.41, 5.74) is 15.0. The molecule has 0 N–H and O–H groups in total. The monoisotopic (exact) mass is 828 g/mol. The number of benzene rings is 11. The highest BCUT2D eigenvalue weighted by atomic mass is 16.3. The number of anilines is 3. The molecule has 3 nitrogen and oxygen atoms in total. The Morgan fingerprint density at radius 1 is 0.338 bits per heavy atom. The molecule has 13 aromatic rings. The van der Waals surface area contributed by atoms with Crippen LogP contribution in [0.3, 0.4) is 0 Å². The first-order valence-electron chi connectivity index (χ1n) is 22.2. The maximum Gasteiger partial charge on any atom is 0.145 e. The van der Waals surface area contributed by atoms with E-state index in [1.807, 2.05) is 0 Å². The Bertz CT molecular complexity index is 3890. The van der Waals surface area contributed by atoms with Crippen molar-refractivity contribution in [3.63, 3.8) is 0 Å². The van der Waals surface area contributed by atoms with E-state index < -0.39 is 0 Å². The van der Waals surface area contributed by atoms with Crippen molar-refractivity contribution in [1.29, 1.82) is 0 Å². The summed E-state index contributed by atoms with van der Waals surface area (Å²) in [6.45, 7) is 0. The van der Waals surface area contributed by atoms with Gasteiger partial charge in [0.05, 0.1) is 28.0 Å². The summed E-state index contributed by atoms with van der Waals surface area (Å²) >= 11 is 0. The van der Waals surface area contributed by atoms with Gasteiger partial charge in [0.25, 0.3) is 0 Å². The second kappa shape index (κ2) is 15.0. The molecule has 0 amide bonds. The van der Waals surface area contributed by atoms with Crippen LogP contribution in [0.5, 0.6) is 0 Å². The van der Waals surface area contributed by atoms with Gasteiger partial charge in [-0.1, -0.05) is 176 Å². The first-order valence-corrected chi connectivity index (χ1v) is 22.2. The molecule has 3 heteroatoms. The lowest BCUT2D eigenvalue weighted by Gasteiger charge is -2.29. The zero-order valence-corrected chi connectivity index (χ0v) is 35.4. The third kappa shape index (κ3) is 6.05. The standard InChI is InChI=1S/C62H40N2O/c1-2-16-45-40-46(29-28-41(45)14-1)42-30-34-47(35-31-42)63(48-36-32-44(33-37-48)50-23-13-17-43-15-3-4-18-49(43)50)59-39-38-54-53-21-8-12-27-60(53)65-62(54)61(59)55-22-7-11-26-58(55)64-56-24-9-5-19-51(56)52-20-6-10-25-57(52)64/h1-40H. The van der Waals surface area contributed by atoms with Crippen LogP contribution < -0.4 is 4.90 Å². The molecular weight excluding hydrogens is 789 g/mol. The molecule has 0 aliphatic heterocycles. The van der Waals surface area contributed by atoms with Crippen molar-refractivity contribution in [2.75, 3.05) is 4.90 Å². The van der Waals surface area contributed by atoms with Crippen molar-refractivity contribution in [3.8, 4) is 39.1 Å². The first kappa shape index (κ1) is 36.9. The number of aromatic nitrogens is 1. The number of fused-ring (bicyclic) bond motifs is 8. The van der Waals surface area contributed by atoms with Gasteiger partial charge >= 0.3 is 0 Å². The highest BCUT2D eigenvalue weighted by Crippen LogP contribution is 2.49. The van der Waals surface area contributed by atoms with E-state index in [2.05, 4.69) is 252 Å². The maximum atomic E-state index is 7.04. The van der Waals surface area contributed by atoms with Gasteiger partial charge in [0.1, 0.15) is 11.2 Å². The van der Waals surface area contributed by atoms with Gasteiger partial charge in [-0.2, -0.15) is 0 Å².